The molecule has 2 N–H and O–H groups in total. The minimum atomic E-state index is 0. The van der Waals surface area contributed by atoms with Gasteiger partial charge in [0.05, 0.1) is 23.2 Å². The maximum absolute atomic E-state index is 5.69. The summed E-state index contributed by atoms with van der Waals surface area (Å²) >= 11 is 0. The van der Waals surface area contributed by atoms with Crippen molar-refractivity contribution in [3.63, 3.8) is 0 Å². The number of hydrogen-bond donors (Lipinski definition) is 1. The predicted molar refractivity (Wildman–Crippen MR) is 100 cm³/mol. The molecule has 0 spiro atoms. The van der Waals surface area contributed by atoms with E-state index in [-0.39, 0.29) is 12.4 Å². The van der Waals surface area contributed by atoms with Crippen LogP contribution < -0.4 is 5.73 Å². The predicted octanol–water partition coefficient (Wildman–Crippen LogP) is 4.01. The second-order valence-corrected chi connectivity index (χ2v) is 5.69. The van der Waals surface area contributed by atoms with Gasteiger partial charge in [-0.15, -0.1) is 12.4 Å². The number of hydrogen-bond acceptors (Lipinski definition) is 2. The topological polar surface area (TPSA) is 48.8 Å². The Kier molecular flexibility index (Phi) is 4.42. The van der Waals surface area contributed by atoms with Crippen LogP contribution >= 0.6 is 12.4 Å². The molecule has 0 unspecified atom stereocenters. The van der Waals surface area contributed by atoms with Crippen molar-refractivity contribution in [2.45, 2.75) is 13.5 Å². The number of nitrogens with zero attached hydrogens (tertiary/aromatic N) is 3. The summed E-state index contributed by atoms with van der Waals surface area (Å²) in [7, 11) is 0. The highest BCUT2D eigenvalue weighted by Gasteiger charge is 2.11. The number of nitrogens with two attached hydrogens (primary N) is 1. The first-order valence-electron chi connectivity index (χ1n) is 7.67. The maximum Gasteiger partial charge on any atom is 0.0995 e. The quantitative estimate of drug-likeness (QED) is 0.613. The van der Waals surface area contributed by atoms with Gasteiger partial charge in [-0.25, -0.2) is 4.98 Å². The van der Waals surface area contributed by atoms with Gasteiger partial charge >= 0.3 is 0 Å². The van der Waals surface area contributed by atoms with Crippen LogP contribution in [-0.4, -0.2) is 14.1 Å². The third kappa shape index (κ3) is 2.70. The molecule has 0 saturated carbocycles. The van der Waals surface area contributed by atoms with Crippen molar-refractivity contribution in [3.8, 4) is 11.4 Å². The van der Waals surface area contributed by atoms with Crippen molar-refractivity contribution in [2.24, 2.45) is 5.73 Å². The summed E-state index contributed by atoms with van der Waals surface area (Å²) in [6, 6.07) is 16.8. The van der Waals surface area contributed by atoms with E-state index >= 15 is 0 Å². The molecule has 0 aliphatic rings. The summed E-state index contributed by atoms with van der Waals surface area (Å²) < 4.78 is 4.28. The van der Waals surface area contributed by atoms with Crippen molar-refractivity contribution >= 4 is 23.3 Å². The molecular formula is C19H19ClN4. The largest absolute Gasteiger partial charge is 0.326 e. The molecule has 24 heavy (non-hydrogen) atoms. The fourth-order valence-electron chi connectivity index (χ4n) is 2.93. The molecule has 5 heteroatoms. The van der Waals surface area contributed by atoms with Crippen LogP contribution in [0.5, 0.6) is 0 Å². The van der Waals surface area contributed by atoms with Crippen LogP contribution in [0, 0.1) is 6.92 Å². The van der Waals surface area contributed by atoms with Gasteiger partial charge in [0.2, 0.25) is 0 Å². The average Bonchev–Trinajstić information content (AvgIpc) is 3.19. The van der Waals surface area contributed by atoms with Gasteiger partial charge in [0.1, 0.15) is 0 Å². The molecule has 2 aromatic heterocycles. The molecule has 0 atom stereocenters. The van der Waals surface area contributed by atoms with E-state index in [0.717, 1.165) is 22.6 Å². The number of rotatable bonds is 3. The normalized spacial score (nSPS) is 10.8. The summed E-state index contributed by atoms with van der Waals surface area (Å²) in [5.74, 6) is 0. The number of imidazole rings is 1. The number of benzene rings is 2. The lowest BCUT2D eigenvalue weighted by Crippen LogP contribution is -1.97. The Balaban J connectivity index is 0.00000169. The van der Waals surface area contributed by atoms with E-state index in [2.05, 4.69) is 68.8 Å². The molecule has 4 nitrogen and oxygen atoms in total. The number of aryl methyl sites for hydroxylation is 1. The molecule has 2 heterocycles. The van der Waals surface area contributed by atoms with E-state index < -0.39 is 0 Å². The highest BCUT2D eigenvalue weighted by Crippen LogP contribution is 2.27. The third-order valence-corrected chi connectivity index (χ3v) is 4.13. The molecule has 2 aromatic carbocycles. The number of para-hydroxylation sites is 1. The molecule has 0 aliphatic carbocycles. The van der Waals surface area contributed by atoms with Crippen LogP contribution in [0.3, 0.4) is 0 Å². The first-order valence-corrected chi connectivity index (χ1v) is 7.67. The summed E-state index contributed by atoms with van der Waals surface area (Å²) in [5.41, 5.74) is 11.3. The minimum absolute atomic E-state index is 0. The van der Waals surface area contributed by atoms with Gasteiger partial charge in [0.25, 0.3) is 0 Å². The molecule has 122 valence electrons. The van der Waals surface area contributed by atoms with Gasteiger partial charge in [0, 0.05) is 30.0 Å². The molecule has 0 amide bonds. The third-order valence-electron chi connectivity index (χ3n) is 4.13. The van der Waals surface area contributed by atoms with Crippen molar-refractivity contribution in [1.82, 2.24) is 14.1 Å². The Morgan fingerprint density at radius 1 is 1.00 bits per heavy atom. The SMILES string of the molecule is Cc1cn(-c2cn(-c3ccc(CN)cc3)c3ccccc23)cn1.Cl. The van der Waals surface area contributed by atoms with E-state index in [4.69, 9.17) is 5.73 Å². The van der Waals surface area contributed by atoms with Crippen LogP contribution in [0.1, 0.15) is 11.3 Å². The summed E-state index contributed by atoms with van der Waals surface area (Å²) in [6.07, 6.45) is 6.06. The van der Waals surface area contributed by atoms with E-state index in [1.54, 1.807) is 0 Å². The average molecular weight is 339 g/mol. The van der Waals surface area contributed by atoms with Crippen LogP contribution in [0.25, 0.3) is 22.3 Å². The van der Waals surface area contributed by atoms with Crippen LogP contribution in [0.2, 0.25) is 0 Å². The van der Waals surface area contributed by atoms with E-state index in [1.807, 2.05) is 19.4 Å². The Labute approximate surface area is 147 Å². The van der Waals surface area contributed by atoms with Gasteiger partial charge in [-0.05, 0) is 30.7 Å². The van der Waals surface area contributed by atoms with Gasteiger partial charge in [-0.1, -0.05) is 30.3 Å². The Bertz CT molecular complexity index is 967. The van der Waals surface area contributed by atoms with Crippen LogP contribution in [0.4, 0.5) is 0 Å². The van der Waals surface area contributed by atoms with Crippen LogP contribution in [0.15, 0.2) is 67.3 Å². The zero-order valence-electron chi connectivity index (χ0n) is 13.4. The number of aromatic nitrogens is 3. The lowest BCUT2D eigenvalue weighted by Gasteiger charge is -2.06. The van der Waals surface area contributed by atoms with Crippen molar-refractivity contribution in [3.05, 3.63) is 78.5 Å². The molecular weight excluding hydrogens is 320 g/mol. The van der Waals surface area contributed by atoms with Gasteiger partial charge in [-0.2, -0.15) is 0 Å². The Morgan fingerprint density at radius 2 is 1.75 bits per heavy atom. The maximum atomic E-state index is 5.69. The zero-order valence-corrected chi connectivity index (χ0v) is 14.2. The lowest BCUT2D eigenvalue weighted by atomic mass is 10.2. The zero-order chi connectivity index (χ0) is 15.8. The summed E-state index contributed by atoms with van der Waals surface area (Å²) in [4.78, 5) is 4.34. The fourth-order valence-corrected chi connectivity index (χ4v) is 2.93. The molecule has 4 rings (SSSR count). The van der Waals surface area contributed by atoms with E-state index in [1.165, 1.54) is 10.9 Å². The molecule has 0 fully saturated rings. The number of fused-ring (bicyclic) bond motifs is 1. The monoisotopic (exact) mass is 338 g/mol. The highest BCUT2D eigenvalue weighted by molar-refractivity contribution is 5.90. The highest BCUT2D eigenvalue weighted by atomic mass is 35.5. The minimum Gasteiger partial charge on any atom is -0.326 e. The smallest absolute Gasteiger partial charge is 0.0995 e. The molecule has 0 radical (unpaired) electrons. The van der Waals surface area contributed by atoms with Crippen molar-refractivity contribution in [2.75, 3.05) is 0 Å². The van der Waals surface area contributed by atoms with Gasteiger partial charge in [0.15, 0.2) is 0 Å². The van der Waals surface area contributed by atoms with E-state index in [9.17, 15) is 0 Å². The van der Waals surface area contributed by atoms with Crippen molar-refractivity contribution < 1.29 is 0 Å². The van der Waals surface area contributed by atoms with Gasteiger partial charge in [-0.3, -0.25) is 0 Å². The van der Waals surface area contributed by atoms with Crippen LogP contribution in [-0.2, 0) is 6.54 Å². The Morgan fingerprint density at radius 3 is 2.42 bits per heavy atom. The molecule has 0 bridgehead atoms. The fraction of sp³-hybridized carbons (Fsp3) is 0.105. The Hall–Kier alpha value is -2.56. The summed E-state index contributed by atoms with van der Waals surface area (Å²) in [6.45, 7) is 2.56. The lowest BCUT2D eigenvalue weighted by molar-refractivity contribution is 1.03. The molecule has 0 aliphatic heterocycles. The standard InChI is InChI=1S/C19H18N4.ClH/c1-14-11-22(13-21-14)19-12-23(18-5-3-2-4-17(18)19)16-8-6-15(10-20)7-9-16;/h2-9,11-13H,10,20H2,1H3;1H. The number of halogens is 1. The second-order valence-electron chi connectivity index (χ2n) is 5.69. The first-order chi connectivity index (χ1) is 11.3. The second kappa shape index (κ2) is 6.51. The van der Waals surface area contributed by atoms with Crippen molar-refractivity contribution in [1.29, 1.82) is 0 Å². The molecule has 4 aromatic rings. The summed E-state index contributed by atoms with van der Waals surface area (Å²) in [5, 5.41) is 1.20. The molecule has 0 saturated heterocycles. The van der Waals surface area contributed by atoms with E-state index in [0.29, 0.717) is 6.54 Å². The first kappa shape index (κ1) is 16.3. The van der Waals surface area contributed by atoms with Gasteiger partial charge < -0.3 is 14.9 Å².